The zero-order valence-corrected chi connectivity index (χ0v) is 10.2. The molecule has 17 heavy (non-hydrogen) atoms. The average Bonchev–Trinajstić information content (AvgIpc) is 2.25. The largest absolute Gasteiger partial charge is 0.471 e. The molecule has 94 valence electrons. The molecule has 1 aromatic carbocycles. The highest BCUT2D eigenvalue weighted by Gasteiger charge is 2.38. The normalized spacial score (nSPS) is 13.9. The fourth-order valence-electron chi connectivity index (χ4n) is 1.11. The second-order valence-electron chi connectivity index (χ2n) is 3.26. The number of aryl methyl sites for hydroxylation is 1. The van der Waals surface area contributed by atoms with Crippen LogP contribution < -0.4 is 5.32 Å². The molecule has 0 atom stereocenters. The molecule has 0 aliphatic heterocycles. The molecule has 0 heterocycles. The van der Waals surface area contributed by atoms with E-state index < -0.39 is 18.6 Å². The van der Waals surface area contributed by atoms with Crippen LogP contribution in [0.4, 0.5) is 13.2 Å². The molecular formula is C11H11BrF3NO. The van der Waals surface area contributed by atoms with Crippen LogP contribution in [0.25, 0.3) is 0 Å². The molecule has 0 saturated carbocycles. The van der Waals surface area contributed by atoms with E-state index in [0.717, 1.165) is 10.0 Å². The van der Waals surface area contributed by atoms with Crippen LogP contribution in [0.15, 0.2) is 28.7 Å². The van der Waals surface area contributed by atoms with Crippen molar-refractivity contribution in [2.24, 2.45) is 0 Å². The van der Waals surface area contributed by atoms with Gasteiger partial charge in [0.1, 0.15) is 0 Å². The van der Waals surface area contributed by atoms with Crippen molar-refractivity contribution in [3.8, 4) is 0 Å². The van der Waals surface area contributed by atoms with Crippen LogP contribution in [0.3, 0.4) is 0 Å². The highest BCUT2D eigenvalue weighted by molar-refractivity contribution is 9.10. The summed E-state index contributed by atoms with van der Waals surface area (Å²) >= 11 is 3.24. The van der Waals surface area contributed by atoms with Gasteiger partial charge in [-0.3, -0.25) is 4.79 Å². The van der Waals surface area contributed by atoms with Crippen LogP contribution in [0.5, 0.6) is 0 Å². The monoisotopic (exact) mass is 311 g/mol. The summed E-state index contributed by atoms with van der Waals surface area (Å²) in [6.45, 7) is -2.41. The van der Waals surface area contributed by atoms with E-state index in [-0.39, 0.29) is 12.8 Å². The van der Waals surface area contributed by atoms with Gasteiger partial charge in [-0.15, -0.1) is 0 Å². The third-order valence-electron chi connectivity index (χ3n) is 1.89. The van der Waals surface area contributed by atoms with Gasteiger partial charge in [-0.05, 0) is 30.5 Å². The Kier molecular flexibility index (Phi) is 3.94. The number of hydrogen-bond donors (Lipinski definition) is 1. The number of amides is 1. The van der Waals surface area contributed by atoms with Crippen molar-refractivity contribution >= 4 is 21.8 Å². The number of carbonyl (C=O) groups excluding carboxylic acids is 1. The number of carbonyl (C=O) groups is 1. The van der Waals surface area contributed by atoms with Crippen molar-refractivity contribution in [3.63, 3.8) is 0 Å². The SMILES string of the molecule is [2H]C([2H])(CCc1cccc(Br)c1)NC(=O)C(F)(F)F. The Labute approximate surface area is 108 Å². The zero-order chi connectivity index (χ0) is 14.7. The number of nitrogens with one attached hydrogen (secondary N) is 1. The van der Waals surface area contributed by atoms with Crippen molar-refractivity contribution in [1.82, 2.24) is 5.32 Å². The molecule has 0 radical (unpaired) electrons. The smallest absolute Gasteiger partial charge is 0.348 e. The van der Waals surface area contributed by atoms with Crippen molar-refractivity contribution in [2.45, 2.75) is 19.0 Å². The number of benzene rings is 1. The summed E-state index contributed by atoms with van der Waals surface area (Å²) in [5.41, 5.74) is 0.763. The average molecular weight is 312 g/mol. The Morgan fingerprint density at radius 3 is 2.76 bits per heavy atom. The first-order valence-electron chi connectivity index (χ1n) is 5.74. The molecule has 0 aliphatic carbocycles. The molecule has 0 fully saturated rings. The van der Waals surface area contributed by atoms with Crippen LogP contribution in [-0.2, 0) is 11.2 Å². The molecule has 1 aromatic rings. The van der Waals surface area contributed by atoms with E-state index in [1.54, 1.807) is 24.3 Å². The molecule has 0 aromatic heterocycles. The van der Waals surface area contributed by atoms with Crippen LogP contribution in [0, 0.1) is 0 Å². The minimum atomic E-state index is -5.08. The fraction of sp³-hybridized carbons (Fsp3) is 0.364. The number of hydrogen-bond acceptors (Lipinski definition) is 1. The summed E-state index contributed by atoms with van der Waals surface area (Å²) in [6.07, 6.45) is -5.11. The maximum absolute atomic E-state index is 12.0. The van der Waals surface area contributed by atoms with E-state index in [1.807, 2.05) is 0 Å². The van der Waals surface area contributed by atoms with Gasteiger partial charge in [0.05, 0.1) is 0 Å². The van der Waals surface area contributed by atoms with Gasteiger partial charge >= 0.3 is 12.1 Å². The van der Waals surface area contributed by atoms with Gasteiger partial charge in [0.2, 0.25) is 0 Å². The minimum absolute atomic E-state index is 0.213. The molecular weight excluding hydrogens is 299 g/mol. The van der Waals surface area contributed by atoms with Crippen LogP contribution in [-0.4, -0.2) is 18.6 Å². The third kappa shape index (κ3) is 5.21. The highest BCUT2D eigenvalue weighted by Crippen LogP contribution is 2.15. The van der Waals surface area contributed by atoms with Gasteiger partial charge in [0.15, 0.2) is 0 Å². The van der Waals surface area contributed by atoms with E-state index in [0.29, 0.717) is 0 Å². The quantitative estimate of drug-likeness (QED) is 0.909. The lowest BCUT2D eigenvalue weighted by molar-refractivity contribution is -0.173. The van der Waals surface area contributed by atoms with E-state index in [9.17, 15) is 18.0 Å². The molecule has 1 rings (SSSR count). The predicted molar refractivity (Wildman–Crippen MR) is 61.5 cm³/mol. The van der Waals surface area contributed by atoms with E-state index in [1.165, 1.54) is 5.32 Å². The molecule has 0 saturated heterocycles. The topological polar surface area (TPSA) is 29.1 Å². The van der Waals surface area contributed by atoms with Gasteiger partial charge in [0, 0.05) is 13.7 Å². The van der Waals surface area contributed by atoms with Gasteiger partial charge < -0.3 is 5.32 Å². The molecule has 0 spiro atoms. The Balaban J connectivity index is 2.58. The molecule has 2 nitrogen and oxygen atoms in total. The van der Waals surface area contributed by atoms with Crippen molar-refractivity contribution in [2.75, 3.05) is 6.50 Å². The maximum atomic E-state index is 12.0. The lowest BCUT2D eigenvalue weighted by atomic mass is 10.1. The summed E-state index contributed by atoms with van der Waals surface area (Å²) in [7, 11) is 0. The lowest BCUT2D eigenvalue weighted by Gasteiger charge is -2.07. The van der Waals surface area contributed by atoms with Crippen LogP contribution in [0.2, 0.25) is 0 Å². The van der Waals surface area contributed by atoms with Gasteiger partial charge in [0.25, 0.3) is 0 Å². The van der Waals surface area contributed by atoms with E-state index in [4.69, 9.17) is 2.74 Å². The first kappa shape index (κ1) is 11.1. The summed E-state index contributed by atoms with van der Waals surface area (Å²) in [5.74, 6) is -2.27. The van der Waals surface area contributed by atoms with Gasteiger partial charge in [-0.2, -0.15) is 13.2 Å². The first-order valence-corrected chi connectivity index (χ1v) is 5.53. The third-order valence-corrected chi connectivity index (χ3v) is 2.38. The first-order chi connectivity index (χ1) is 8.60. The minimum Gasteiger partial charge on any atom is -0.348 e. The predicted octanol–water partition coefficient (Wildman–Crippen LogP) is 3.06. The molecule has 0 unspecified atom stereocenters. The molecule has 6 heteroatoms. The molecule has 1 amide bonds. The lowest BCUT2D eigenvalue weighted by Crippen LogP contribution is -2.37. The van der Waals surface area contributed by atoms with Crippen LogP contribution in [0.1, 0.15) is 14.7 Å². The number of alkyl halides is 3. The standard InChI is InChI=1S/C11H11BrF3NO/c12-9-5-1-3-8(7-9)4-2-6-16-10(17)11(13,14)15/h1,3,5,7H,2,4,6H2,(H,16,17)/i6D2. The Bertz CT molecular complexity index is 465. The van der Waals surface area contributed by atoms with Crippen molar-refractivity contribution in [1.29, 1.82) is 0 Å². The summed E-state index contributed by atoms with van der Waals surface area (Å²) < 4.78 is 51.6. The van der Waals surface area contributed by atoms with E-state index in [2.05, 4.69) is 15.9 Å². The molecule has 0 bridgehead atoms. The van der Waals surface area contributed by atoms with Crippen molar-refractivity contribution < 1.29 is 20.7 Å². The summed E-state index contributed by atoms with van der Waals surface area (Å²) in [6, 6.07) is 6.99. The van der Waals surface area contributed by atoms with Gasteiger partial charge in [-0.25, -0.2) is 0 Å². The Morgan fingerprint density at radius 2 is 2.18 bits per heavy atom. The Hall–Kier alpha value is -1.04. The van der Waals surface area contributed by atoms with Gasteiger partial charge in [-0.1, -0.05) is 28.1 Å². The summed E-state index contributed by atoms with van der Waals surface area (Å²) in [5, 5.41) is 1.34. The number of halogens is 4. The highest BCUT2D eigenvalue weighted by atomic mass is 79.9. The number of rotatable bonds is 4. The molecule has 0 aliphatic rings. The summed E-state index contributed by atoms with van der Waals surface area (Å²) in [4.78, 5) is 10.7. The van der Waals surface area contributed by atoms with E-state index >= 15 is 0 Å². The molecule has 1 N–H and O–H groups in total. The maximum Gasteiger partial charge on any atom is 0.471 e. The fourth-order valence-corrected chi connectivity index (χ4v) is 1.56. The zero-order valence-electron chi connectivity index (χ0n) is 10.6. The second kappa shape index (κ2) is 6.05. The second-order valence-corrected chi connectivity index (χ2v) is 4.17. The van der Waals surface area contributed by atoms with Crippen LogP contribution >= 0.6 is 15.9 Å². The Morgan fingerprint density at radius 1 is 1.47 bits per heavy atom. The van der Waals surface area contributed by atoms with Crippen molar-refractivity contribution in [3.05, 3.63) is 34.3 Å².